The molecule has 0 saturated heterocycles. The molecule has 100 valence electrons. The van der Waals surface area contributed by atoms with Gasteiger partial charge in [0.25, 0.3) is 0 Å². The summed E-state index contributed by atoms with van der Waals surface area (Å²) in [5.74, 6) is -0.736. The van der Waals surface area contributed by atoms with E-state index in [1.54, 1.807) is 0 Å². The van der Waals surface area contributed by atoms with Gasteiger partial charge in [-0.2, -0.15) is 0 Å². The Kier molecular flexibility index (Phi) is 5.35. The van der Waals surface area contributed by atoms with Gasteiger partial charge in [0.2, 0.25) is 0 Å². The van der Waals surface area contributed by atoms with Crippen molar-refractivity contribution in [3.05, 3.63) is 34.9 Å². The average Bonchev–Trinajstić information content (AvgIpc) is 2.29. The molecule has 0 heterocycles. The Labute approximate surface area is 109 Å². The van der Waals surface area contributed by atoms with E-state index in [4.69, 9.17) is 5.11 Å². The molecule has 0 aliphatic heterocycles. The molecule has 0 aliphatic rings. The number of nitrogens with zero attached hydrogens (tertiary/aromatic N) is 1. The Hall–Kier alpha value is -1.35. The first kappa shape index (κ1) is 14.7. The average molecular weight is 249 g/mol. The Bertz CT molecular complexity index is 415. The van der Waals surface area contributed by atoms with Gasteiger partial charge in [-0.3, -0.25) is 4.79 Å². The van der Waals surface area contributed by atoms with Crippen LogP contribution in [0.4, 0.5) is 0 Å². The molecule has 0 amide bonds. The number of likely N-dealkylation sites (N-methyl/N-ethyl adjacent to an activating group) is 1. The highest BCUT2D eigenvalue weighted by Crippen LogP contribution is 2.11. The van der Waals surface area contributed by atoms with Crippen molar-refractivity contribution in [3.8, 4) is 0 Å². The third kappa shape index (κ3) is 4.49. The van der Waals surface area contributed by atoms with Crippen LogP contribution in [0.3, 0.4) is 0 Å². The normalized spacial score (nSPS) is 12.7. The summed E-state index contributed by atoms with van der Waals surface area (Å²) in [5, 5.41) is 8.76. The van der Waals surface area contributed by atoms with Gasteiger partial charge in [-0.25, -0.2) is 0 Å². The van der Waals surface area contributed by atoms with Crippen molar-refractivity contribution in [2.45, 2.75) is 39.7 Å². The molecule has 0 fully saturated rings. The fourth-order valence-corrected chi connectivity index (χ4v) is 1.89. The lowest BCUT2D eigenvalue weighted by molar-refractivity contribution is -0.138. The van der Waals surface area contributed by atoms with Crippen LogP contribution in [0.2, 0.25) is 0 Å². The molecule has 3 nitrogen and oxygen atoms in total. The van der Waals surface area contributed by atoms with Gasteiger partial charge in [-0.15, -0.1) is 0 Å². The predicted octanol–water partition coefficient (Wildman–Crippen LogP) is 2.64. The van der Waals surface area contributed by atoms with Crippen LogP contribution in [0.5, 0.6) is 0 Å². The summed E-state index contributed by atoms with van der Waals surface area (Å²) in [6.45, 7) is 7.07. The number of carboxylic acids is 1. The number of aryl methyl sites for hydroxylation is 2. The largest absolute Gasteiger partial charge is 0.481 e. The topological polar surface area (TPSA) is 40.5 Å². The molecule has 18 heavy (non-hydrogen) atoms. The van der Waals surface area contributed by atoms with Crippen LogP contribution < -0.4 is 0 Å². The van der Waals surface area contributed by atoms with Crippen molar-refractivity contribution in [2.24, 2.45) is 0 Å². The van der Waals surface area contributed by atoms with Gasteiger partial charge in [0.05, 0.1) is 6.42 Å². The van der Waals surface area contributed by atoms with Crippen molar-refractivity contribution >= 4 is 5.97 Å². The summed E-state index contributed by atoms with van der Waals surface area (Å²) in [5.41, 5.74) is 3.94. The van der Waals surface area contributed by atoms with Crippen molar-refractivity contribution in [1.29, 1.82) is 0 Å². The number of hydrogen-bond donors (Lipinski definition) is 1. The Morgan fingerprint density at radius 2 is 2.00 bits per heavy atom. The zero-order valence-electron chi connectivity index (χ0n) is 11.7. The maximum absolute atomic E-state index is 10.6. The molecule has 0 radical (unpaired) electrons. The van der Waals surface area contributed by atoms with Gasteiger partial charge >= 0.3 is 5.97 Å². The van der Waals surface area contributed by atoms with Crippen LogP contribution in [-0.2, 0) is 11.2 Å². The Morgan fingerprint density at radius 1 is 1.33 bits per heavy atom. The molecule has 0 aromatic heterocycles. The second-order valence-corrected chi connectivity index (χ2v) is 5.10. The van der Waals surface area contributed by atoms with E-state index >= 15 is 0 Å². The summed E-state index contributed by atoms with van der Waals surface area (Å²) in [7, 11) is 1.98. The fourth-order valence-electron chi connectivity index (χ4n) is 1.89. The van der Waals surface area contributed by atoms with Crippen LogP contribution in [0.1, 0.15) is 30.0 Å². The van der Waals surface area contributed by atoms with Crippen molar-refractivity contribution < 1.29 is 9.90 Å². The molecule has 1 aromatic carbocycles. The number of rotatable bonds is 6. The van der Waals surface area contributed by atoms with Gasteiger partial charge in [-0.05, 0) is 50.9 Å². The van der Waals surface area contributed by atoms with Crippen LogP contribution in [0.25, 0.3) is 0 Å². The third-order valence-corrected chi connectivity index (χ3v) is 3.55. The van der Waals surface area contributed by atoms with E-state index in [0.717, 1.165) is 13.0 Å². The van der Waals surface area contributed by atoms with Gasteiger partial charge in [0.1, 0.15) is 0 Å². The lowest BCUT2D eigenvalue weighted by Gasteiger charge is -2.23. The molecule has 0 bridgehead atoms. The predicted molar refractivity (Wildman–Crippen MR) is 74.0 cm³/mol. The zero-order chi connectivity index (χ0) is 13.7. The van der Waals surface area contributed by atoms with E-state index in [-0.39, 0.29) is 12.5 Å². The standard InChI is InChI=1S/C15H23NO2/c1-11-5-6-14(9-12(11)2)7-8-16(4)13(3)10-15(17)18/h5-6,9,13H,7-8,10H2,1-4H3,(H,17,18). The second-order valence-electron chi connectivity index (χ2n) is 5.10. The summed E-state index contributed by atoms with van der Waals surface area (Å²) in [6, 6.07) is 6.59. The van der Waals surface area contributed by atoms with Crippen molar-refractivity contribution in [2.75, 3.05) is 13.6 Å². The van der Waals surface area contributed by atoms with Crippen LogP contribution in [0, 0.1) is 13.8 Å². The monoisotopic (exact) mass is 249 g/mol. The van der Waals surface area contributed by atoms with Crippen LogP contribution in [-0.4, -0.2) is 35.6 Å². The number of hydrogen-bond acceptors (Lipinski definition) is 2. The number of carbonyl (C=O) groups is 1. The highest BCUT2D eigenvalue weighted by Gasteiger charge is 2.12. The Balaban J connectivity index is 2.49. The van der Waals surface area contributed by atoms with E-state index in [1.165, 1.54) is 16.7 Å². The SMILES string of the molecule is Cc1ccc(CCN(C)C(C)CC(=O)O)cc1C. The number of aliphatic carboxylic acids is 1. The number of carboxylic acid groups (broad SMARTS) is 1. The molecule has 1 aromatic rings. The summed E-state index contributed by atoms with van der Waals surface area (Å²) in [6.07, 6.45) is 1.16. The first-order valence-electron chi connectivity index (χ1n) is 6.38. The molecular formula is C15H23NO2. The molecule has 1 rings (SSSR count). The first-order valence-corrected chi connectivity index (χ1v) is 6.38. The minimum Gasteiger partial charge on any atom is -0.481 e. The summed E-state index contributed by atoms with van der Waals surface area (Å²) < 4.78 is 0. The fraction of sp³-hybridized carbons (Fsp3) is 0.533. The van der Waals surface area contributed by atoms with E-state index < -0.39 is 5.97 Å². The van der Waals surface area contributed by atoms with Gasteiger partial charge in [0.15, 0.2) is 0 Å². The third-order valence-electron chi connectivity index (χ3n) is 3.55. The highest BCUT2D eigenvalue weighted by molar-refractivity contribution is 5.67. The molecular weight excluding hydrogens is 226 g/mol. The van der Waals surface area contributed by atoms with Gasteiger partial charge in [-0.1, -0.05) is 18.2 Å². The van der Waals surface area contributed by atoms with Gasteiger partial charge < -0.3 is 10.0 Å². The minimum absolute atomic E-state index is 0.0778. The van der Waals surface area contributed by atoms with Crippen LogP contribution in [0.15, 0.2) is 18.2 Å². The maximum atomic E-state index is 10.6. The molecule has 1 atom stereocenters. The minimum atomic E-state index is -0.736. The molecule has 1 N–H and O–H groups in total. The molecule has 1 unspecified atom stereocenters. The second kappa shape index (κ2) is 6.55. The molecule has 0 spiro atoms. The quantitative estimate of drug-likeness (QED) is 0.842. The smallest absolute Gasteiger partial charge is 0.304 e. The summed E-state index contributed by atoms with van der Waals surface area (Å²) >= 11 is 0. The first-order chi connectivity index (χ1) is 8.40. The lowest BCUT2D eigenvalue weighted by Crippen LogP contribution is -2.32. The van der Waals surface area contributed by atoms with Crippen LogP contribution >= 0.6 is 0 Å². The van der Waals surface area contributed by atoms with E-state index in [9.17, 15) is 4.79 Å². The molecule has 3 heteroatoms. The van der Waals surface area contributed by atoms with E-state index in [1.807, 2.05) is 14.0 Å². The molecule has 0 saturated carbocycles. The zero-order valence-corrected chi connectivity index (χ0v) is 11.7. The van der Waals surface area contributed by atoms with Gasteiger partial charge in [0, 0.05) is 12.6 Å². The molecule has 0 aliphatic carbocycles. The maximum Gasteiger partial charge on any atom is 0.304 e. The van der Waals surface area contributed by atoms with E-state index in [0.29, 0.717) is 0 Å². The summed E-state index contributed by atoms with van der Waals surface area (Å²) in [4.78, 5) is 12.7. The van der Waals surface area contributed by atoms with Crippen molar-refractivity contribution in [1.82, 2.24) is 4.90 Å². The number of benzene rings is 1. The highest BCUT2D eigenvalue weighted by atomic mass is 16.4. The van der Waals surface area contributed by atoms with Crippen molar-refractivity contribution in [3.63, 3.8) is 0 Å². The Morgan fingerprint density at radius 3 is 2.56 bits per heavy atom. The van der Waals surface area contributed by atoms with E-state index in [2.05, 4.69) is 36.9 Å². The lowest BCUT2D eigenvalue weighted by atomic mass is 10.0.